The molecule has 0 aliphatic carbocycles. The van der Waals surface area contributed by atoms with Crippen molar-refractivity contribution in [3.05, 3.63) is 35.7 Å². The Morgan fingerprint density at radius 2 is 1.90 bits per heavy atom. The fourth-order valence-electron chi connectivity index (χ4n) is 2.14. The van der Waals surface area contributed by atoms with Crippen LogP contribution in [0.4, 0.5) is 23.0 Å². The SMILES string of the molecule is CCCc1nc(N)c(C)c(Nc2ccccc2N(C)C)n1. The molecule has 0 aliphatic heterocycles. The Morgan fingerprint density at radius 3 is 2.57 bits per heavy atom. The number of nitrogens with zero attached hydrogens (tertiary/aromatic N) is 3. The molecule has 0 amide bonds. The number of hydrogen-bond acceptors (Lipinski definition) is 5. The van der Waals surface area contributed by atoms with Crippen LogP contribution in [0, 0.1) is 6.92 Å². The van der Waals surface area contributed by atoms with Crippen molar-refractivity contribution in [3.63, 3.8) is 0 Å². The van der Waals surface area contributed by atoms with Crippen LogP contribution < -0.4 is 16.0 Å². The van der Waals surface area contributed by atoms with E-state index in [2.05, 4.69) is 33.2 Å². The number of para-hydroxylation sites is 2. The number of rotatable bonds is 5. The van der Waals surface area contributed by atoms with E-state index in [1.807, 2.05) is 39.2 Å². The minimum atomic E-state index is 0.540. The molecule has 0 radical (unpaired) electrons. The average Bonchev–Trinajstić information content (AvgIpc) is 2.45. The normalized spacial score (nSPS) is 10.5. The van der Waals surface area contributed by atoms with Gasteiger partial charge in [-0.2, -0.15) is 0 Å². The molecule has 21 heavy (non-hydrogen) atoms. The maximum atomic E-state index is 6.00. The molecule has 1 aromatic carbocycles. The van der Waals surface area contributed by atoms with Crippen LogP contribution in [0.1, 0.15) is 24.7 Å². The maximum absolute atomic E-state index is 6.00. The van der Waals surface area contributed by atoms with Crippen molar-refractivity contribution >= 4 is 23.0 Å². The van der Waals surface area contributed by atoms with Crippen LogP contribution >= 0.6 is 0 Å². The number of nitrogens with two attached hydrogens (primary N) is 1. The number of hydrogen-bond donors (Lipinski definition) is 2. The summed E-state index contributed by atoms with van der Waals surface area (Å²) in [5, 5.41) is 3.39. The molecule has 3 N–H and O–H groups in total. The van der Waals surface area contributed by atoms with E-state index in [1.165, 1.54) is 0 Å². The van der Waals surface area contributed by atoms with Gasteiger partial charge in [0, 0.05) is 26.1 Å². The van der Waals surface area contributed by atoms with Crippen molar-refractivity contribution in [3.8, 4) is 0 Å². The van der Waals surface area contributed by atoms with Gasteiger partial charge < -0.3 is 16.0 Å². The van der Waals surface area contributed by atoms with Crippen LogP contribution in [0.25, 0.3) is 0 Å². The van der Waals surface area contributed by atoms with E-state index < -0.39 is 0 Å². The number of nitrogens with one attached hydrogen (secondary N) is 1. The lowest BCUT2D eigenvalue weighted by atomic mass is 10.2. The minimum absolute atomic E-state index is 0.540. The van der Waals surface area contributed by atoms with Crippen LogP contribution in [0.15, 0.2) is 24.3 Å². The van der Waals surface area contributed by atoms with E-state index in [-0.39, 0.29) is 0 Å². The number of anilines is 4. The van der Waals surface area contributed by atoms with E-state index in [0.717, 1.165) is 41.4 Å². The Hall–Kier alpha value is -2.30. The van der Waals surface area contributed by atoms with Crippen LogP contribution in [0.3, 0.4) is 0 Å². The van der Waals surface area contributed by atoms with Crippen LogP contribution in [0.2, 0.25) is 0 Å². The van der Waals surface area contributed by atoms with E-state index in [1.54, 1.807) is 0 Å². The Bertz CT molecular complexity index is 622. The summed E-state index contributed by atoms with van der Waals surface area (Å²) in [5.74, 6) is 2.10. The zero-order valence-corrected chi connectivity index (χ0v) is 13.1. The summed E-state index contributed by atoms with van der Waals surface area (Å²) in [4.78, 5) is 11.0. The average molecular weight is 285 g/mol. The molecule has 1 heterocycles. The monoisotopic (exact) mass is 285 g/mol. The van der Waals surface area contributed by atoms with E-state index in [4.69, 9.17) is 5.73 Å². The number of benzene rings is 1. The van der Waals surface area contributed by atoms with Crippen molar-refractivity contribution in [1.82, 2.24) is 9.97 Å². The van der Waals surface area contributed by atoms with E-state index in [0.29, 0.717) is 5.82 Å². The molecular formula is C16H23N5. The first-order valence-corrected chi connectivity index (χ1v) is 7.19. The standard InChI is InChI=1S/C16H23N5/c1-5-8-14-19-15(17)11(2)16(20-14)18-12-9-6-7-10-13(12)21(3)4/h6-7,9-10H,5,8H2,1-4H3,(H3,17,18,19,20). The molecular weight excluding hydrogens is 262 g/mol. The third-order valence-electron chi connectivity index (χ3n) is 3.34. The summed E-state index contributed by atoms with van der Waals surface area (Å²) >= 11 is 0. The smallest absolute Gasteiger partial charge is 0.139 e. The van der Waals surface area contributed by atoms with Crippen LogP contribution in [-0.4, -0.2) is 24.1 Å². The quantitative estimate of drug-likeness (QED) is 0.883. The molecule has 0 saturated carbocycles. The first-order valence-electron chi connectivity index (χ1n) is 7.19. The van der Waals surface area contributed by atoms with E-state index >= 15 is 0 Å². The molecule has 0 bridgehead atoms. The van der Waals surface area contributed by atoms with Gasteiger partial charge in [-0.15, -0.1) is 0 Å². The highest BCUT2D eigenvalue weighted by atomic mass is 15.1. The second-order valence-electron chi connectivity index (χ2n) is 5.29. The molecule has 1 aromatic heterocycles. The number of nitrogen functional groups attached to an aromatic ring is 1. The lowest BCUT2D eigenvalue weighted by Crippen LogP contribution is -2.12. The first kappa shape index (κ1) is 15.1. The van der Waals surface area contributed by atoms with Gasteiger partial charge in [-0.1, -0.05) is 19.1 Å². The third-order valence-corrected chi connectivity index (χ3v) is 3.34. The minimum Gasteiger partial charge on any atom is -0.383 e. The second kappa shape index (κ2) is 6.43. The Balaban J connectivity index is 2.39. The highest BCUT2D eigenvalue weighted by molar-refractivity contribution is 5.75. The van der Waals surface area contributed by atoms with Crippen LogP contribution in [-0.2, 0) is 6.42 Å². The molecule has 0 fully saturated rings. The zero-order valence-electron chi connectivity index (χ0n) is 13.1. The van der Waals surface area contributed by atoms with Gasteiger partial charge in [0.1, 0.15) is 17.5 Å². The van der Waals surface area contributed by atoms with E-state index in [9.17, 15) is 0 Å². The summed E-state index contributed by atoms with van der Waals surface area (Å²) in [7, 11) is 4.04. The van der Waals surface area contributed by atoms with Gasteiger partial charge in [0.2, 0.25) is 0 Å². The summed E-state index contributed by atoms with van der Waals surface area (Å²) in [6.07, 6.45) is 1.82. The van der Waals surface area contributed by atoms with Crippen molar-refractivity contribution in [1.29, 1.82) is 0 Å². The molecule has 0 unspecified atom stereocenters. The summed E-state index contributed by atoms with van der Waals surface area (Å²) in [5.41, 5.74) is 8.99. The maximum Gasteiger partial charge on any atom is 0.139 e. The lowest BCUT2D eigenvalue weighted by molar-refractivity contribution is 0.836. The Labute approximate surface area is 126 Å². The number of aromatic nitrogens is 2. The zero-order chi connectivity index (χ0) is 15.4. The second-order valence-corrected chi connectivity index (χ2v) is 5.29. The molecule has 0 saturated heterocycles. The molecule has 0 atom stereocenters. The summed E-state index contributed by atoms with van der Waals surface area (Å²) < 4.78 is 0. The Kier molecular flexibility index (Phi) is 4.62. The van der Waals surface area contributed by atoms with Crippen molar-refractivity contribution < 1.29 is 0 Å². The van der Waals surface area contributed by atoms with Crippen molar-refractivity contribution in [2.75, 3.05) is 30.0 Å². The molecule has 0 aliphatic rings. The Morgan fingerprint density at radius 1 is 1.19 bits per heavy atom. The predicted molar refractivity (Wildman–Crippen MR) is 89.2 cm³/mol. The van der Waals surface area contributed by atoms with Gasteiger partial charge in [0.15, 0.2) is 0 Å². The largest absolute Gasteiger partial charge is 0.383 e. The molecule has 5 nitrogen and oxygen atoms in total. The van der Waals surface area contributed by atoms with Gasteiger partial charge in [0.05, 0.1) is 11.4 Å². The fraction of sp³-hybridized carbons (Fsp3) is 0.375. The fourth-order valence-corrected chi connectivity index (χ4v) is 2.14. The molecule has 2 aromatic rings. The third kappa shape index (κ3) is 3.42. The predicted octanol–water partition coefficient (Wildman–Crippen LogP) is 3.13. The molecule has 0 spiro atoms. The van der Waals surface area contributed by atoms with Gasteiger partial charge in [0.25, 0.3) is 0 Å². The van der Waals surface area contributed by atoms with Crippen molar-refractivity contribution in [2.24, 2.45) is 0 Å². The van der Waals surface area contributed by atoms with Crippen LogP contribution in [0.5, 0.6) is 0 Å². The summed E-state index contributed by atoms with van der Waals surface area (Å²) in [6.45, 7) is 4.04. The van der Waals surface area contributed by atoms with Gasteiger partial charge in [-0.05, 0) is 25.5 Å². The lowest BCUT2D eigenvalue weighted by Gasteiger charge is -2.19. The van der Waals surface area contributed by atoms with Gasteiger partial charge in [-0.3, -0.25) is 0 Å². The van der Waals surface area contributed by atoms with Gasteiger partial charge >= 0.3 is 0 Å². The molecule has 5 heteroatoms. The highest BCUT2D eigenvalue weighted by Crippen LogP contribution is 2.29. The first-order chi connectivity index (χ1) is 10.0. The summed E-state index contributed by atoms with van der Waals surface area (Å²) in [6, 6.07) is 8.12. The molecule has 2 rings (SSSR count). The molecule has 112 valence electrons. The highest BCUT2D eigenvalue weighted by Gasteiger charge is 2.11. The van der Waals surface area contributed by atoms with Gasteiger partial charge in [-0.25, -0.2) is 9.97 Å². The number of aryl methyl sites for hydroxylation is 1. The topological polar surface area (TPSA) is 67.1 Å². The van der Waals surface area contributed by atoms with Crippen molar-refractivity contribution in [2.45, 2.75) is 26.7 Å².